The topological polar surface area (TPSA) is 54.1 Å². The molecule has 1 fully saturated rings. The van der Waals surface area contributed by atoms with Gasteiger partial charge in [0.05, 0.1) is 13.2 Å². The van der Waals surface area contributed by atoms with Gasteiger partial charge in [0.2, 0.25) is 0 Å². The second kappa shape index (κ2) is 7.75. The molecule has 5 nitrogen and oxygen atoms in total. The van der Waals surface area contributed by atoms with Crippen molar-refractivity contribution in [3.8, 4) is 0 Å². The largest absolute Gasteiger partial charge is 0.378 e. The quantitative estimate of drug-likeness (QED) is 0.498. The van der Waals surface area contributed by atoms with Crippen molar-refractivity contribution in [3.63, 3.8) is 0 Å². The van der Waals surface area contributed by atoms with Crippen molar-refractivity contribution in [1.82, 2.24) is 4.90 Å². The predicted octanol–water partition coefficient (Wildman–Crippen LogP) is 1.16. The molecule has 0 amide bonds. The van der Waals surface area contributed by atoms with Crippen LogP contribution in [0.2, 0.25) is 0 Å². The van der Waals surface area contributed by atoms with Crippen LogP contribution in [-0.4, -0.2) is 57.3 Å². The zero-order valence-corrected chi connectivity index (χ0v) is 12.2. The molecule has 2 N–H and O–H groups in total. The third kappa shape index (κ3) is 4.42. The van der Waals surface area contributed by atoms with Crippen LogP contribution in [0.1, 0.15) is 6.42 Å². The second-order valence-electron chi connectivity index (χ2n) is 4.95. The normalized spacial score (nSPS) is 16.2. The van der Waals surface area contributed by atoms with Crippen molar-refractivity contribution in [3.05, 3.63) is 30.3 Å². The van der Waals surface area contributed by atoms with Crippen molar-refractivity contribution in [2.24, 2.45) is 10.7 Å². The van der Waals surface area contributed by atoms with Crippen molar-refractivity contribution >= 4 is 11.6 Å². The highest BCUT2D eigenvalue weighted by molar-refractivity contribution is 5.78. The number of nitrogens with zero attached hydrogens (tertiary/aromatic N) is 3. The Kier molecular flexibility index (Phi) is 5.68. The Hall–Kier alpha value is -1.75. The maximum Gasteiger partial charge on any atom is 0.191 e. The summed E-state index contributed by atoms with van der Waals surface area (Å²) in [7, 11) is 2.10. The molecule has 0 aliphatic carbocycles. The lowest BCUT2D eigenvalue weighted by atomic mass is 10.3. The minimum absolute atomic E-state index is 0.649. The second-order valence-corrected chi connectivity index (χ2v) is 4.95. The van der Waals surface area contributed by atoms with Crippen LogP contribution >= 0.6 is 0 Å². The van der Waals surface area contributed by atoms with Crippen LogP contribution in [0.15, 0.2) is 35.3 Å². The van der Waals surface area contributed by atoms with E-state index < -0.39 is 0 Å². The number of para-hydroxylation sites is 1. The monoisotopic (exact) mass is 276 g/mol. The maximum atomic E-state index is 5.98. The number of morpholine rings is 1. The summed E-state index contributed by atoms with van der Waals surface area (Å²) in [4.78, 5) is 8.78. The minimum atomic E-state index is 0.649. The Morgan fingerprint density at radius 1 is 1.30 bits per heavy atom. The van der Waals surface area contributed by atoms with Gasteiger partial charge in [0.25, 0.3) is 0 Å². The van der Waals surface area contributed by atoms with Crippen LogP contribution in [0.25, 0.3) is 0 Å². The van der Waals surface area contributed by atoms with Gasteiger partial charge in [0.15, 0.2) is 5.96 Å². The van der Waals surface area contributed by atoms with Crippen molar-refractivity contribution in [2.75, 3.05) is 51.3 Å². The first-order valence-electron chi connectivity index (χ1n) is 7.16. The summed E-state index contributed by atoms with van der Waals surface area (Å²) < 4.78 is 5.30. The zero-order chi connectivity index (χ0) is 14.2. The van der Waals surface area contributed by atoms with Gasteiger partial charge in [-0.2, -0.15) is 0 Å². The van der Waals surface area contributed by atoms with Crippen LogP contribution in [0.3, 0.4) is 0 Å². The van der Waals surface area contributed by atoms with E-state index in [2.05, 4.69) is 46.1 Å². The van der Waals surface area contributed by atoms with Crippen molar-refractivity contribution < 1.29 is 4.74 Å². The molecule has 1 saturated heterocycles. The Morgan fingerprint density at radius 2 is 2.00 bits per heavy atom. The van der Waals surface area contributed by atoms with Gasteiger partial charge in [-0.1, -0.05) is 18.2 Å². The summed E-state index contributed by atoms with van der Waals surface area (Å²) in [6.07, 6.45) is 0.996. The molecular weight excluding hydrogens is 252 g/mol. The average Bonchev–Trinajstić information content (AvgIpc) is 2.53. The molecule has 1 aliphatic rings. The Labute approximate surface area is 121 Å². The molecule has 110 valence electrons. The molecule has 1 aromatic rings. The number of benzene rings is 1. The predicted molar refractivity (Wildman–Crippen MR) is 83.2 cm³/mol. The number of hydrogen-bond acceptors (Lipinski definition) is 3. The van der Waals surface area contributed by atoms with E-state index in [1.165, 1.54) is 5.69 Å². The molecule has 20 heavy (non-hydrogen) atoms. The average molecular weight is 276 g/mol. The summed E-state index contributed by atoms with van der Waals surface area (Å²) in [6.45, 7) is 4.92. The first-order chi connectivity index (χ1) is 9.77. The third-order valence-electron chi connectivity index (χ3n) is 3.46. The first kappa shape index (κ1) is 14.7. The van der Waals surface area contributed by atoms with E-state index >= 15 is 0 Å². The summed E-state index contributed by atoms with van der Waals surface area (Å²) in [5.74, 6) is 0.649. The number of ether oxygens (including phenoxy) is 1. The molecule has 0 atom stereocenters. The van der Waals surface area contributed by atoms with Crippen LogP contribution in [0.4, 0.5) is 5.69 Å². The molecule has 0 saturated carbocycles. The highest BCUT2D eigenvalue weighted by atomic mass is 16.5. The summed E-state index contributed by atoms with van der Waals surface area (Å²) >= 11 is 0. The van der Waals surface area contributed by atoms with E-state index in [0.717, 1.165) is 45.8 Å². The van der Waals surface area contributed by atoms with Gasteiger partial charge in [-0.05, 0) is 18.6 Å². The molecule has 5 heteroatoms. The molecule has 0 aromatic heterocycles. The number of nitrogens with two attached hydrogens (primary N) is 1. The van der Waals surface area contributed by atoms with Gasteiger partial charge < -0.3 is 20.3 Å². The standard InChI is InChI=1S/C15H24N4O/c1-18(14-6-3-2-4-7-14)9-5-8-17-15(16)19-10-12-20-13-11-19/h2-4,6-7H,5,8-13H2,1H3,(H2,16,17). The summed E-state index contributed by atoms with van der Waals surface area (Å²) in [5, 5.41) is 0. The van der Waals surface area contributed by atoms with Crippen LogP contribution < -0.4 is 10.6 Å². The summed E-state index contributed by atoms with van der Waals surface area (Å²) in [5.41, 5.74) is 7.22. The van der Waals surface area contributed by atoms with Gasteiger partial charge in [-0.15, -0.1) is 0 Å². The number of guanidine groups is 1. The van der Waals surface area contributed by atoms with Gasteiger partial charge in [0, 0.05) is 38.9 Å². The Balaban J connectivity index is 1.70. The maximum absolute atomic E-state index is 5.98. The first-order valence-corrected chi connectivity index (χ1v) is 7.16. The zero-order valence-electron chi connectivity index (χ0n) is 12.2. The fraction of sp³-hybridized carbons (Fsp3) is 0.533. The number of aliphatic imine (C=N–C) groups is 1. The molecule has 1 heterocycles. The highest BCUT2D eigenvalue weighted by Gasteiger charge is 2.11. The van der Waals surface area contributed by atoms with Gasteiger partial charge >= 0.3 is 0 Å². The Morgan fingerprint density at radius 3 is 2.70 bits per heavy atom. The summed E-state index contributed by atoms with van der Waals surface area (Å²) in [6, 6.07) is 10.4. The fourth-order valence-electron chi connectivity index (χ4n) is 2.21. The lowest BCUT2D eigenvalue weighted by Gasteiger charge is -2.27. The van der Waals surface area contributed by atoms with Crippen LogP contribution in [-0.2, 0) is 4.74 Å². The molecule has 2 rings (SSSR count). The van der Waals surface area contributed by atoms with E-state index in [9.17, 15) is 0 Å². The molecule has 1 aliphatic heterocycles. The van der Waals surface area contributed by atoms with Crippen molar-refractivity contribution in [1.29, 1.82) is 0 Å². The molecule has 0 spiro atoms. The SMILES string of the molecule is CN(CCCN=C(N)N1CCOCC1)c1ccccc1. The molecular formula is C15H24N4O. The van der Waals surface area contributed by atoms with Crippen molar-refractivity contribution in [2.45, 2.75) is 6.42 Å². The van der Waals surface area contributed by atoms with E-state index in [4.69, 9.17) is 10.5 Å². The number of rotatable bonds is 5. The van der Waals surface area contributed by atoms with E-state index in [1.54, 1.807) is 0 Å². The van der Waals surface area contributed by atoms with Gasteiger partial charge in [0.1, 0.15) is 0 Å². The smallest absolute Gasteiger partial charge is 0.191 e. The highest BCUT2D eigenvalue weighted by Crippen LogP contribution is 2.10. The third-order valence-corrected chi connectivity index (χ3v) is 3.46. The number of hydrogen-bond donors (Lipinski definition) is 1. The minimum Gasteiger partial charge on any atom is -0.378 e. The van der Waals surface area contributed by atoms with E-state index in [0.29, 0.717) is 5.96 Å². The van der Waals surface area contributed by atoms with E-state index in [-0.39, 0.29) is 0 Å². The van der Waals surface area contributed by atoms with E-state index in [1.807, 2.05) is 6.07 Å². The molecule has 0 radical (unpaired) electrons. The molecule has 0 bridgehead atoms. The number of anilines is 1. The lowest BCUT2D eigenvalue weighted by Crippen LogP contribution is -2.44. The fourth-order valence-corrected chi connectivity index (χ4v) is 2.21. The van der Waals surface area contributed by atoms with Gasteiger partial charge in [-0.3, -0.25) is 4.99 Å². The molecule has 0 unspecified atom stereocenters. The molecule has 1 aromatic carbocycles. The van der Waals surface area contributed by atoms with Gasteiger partial charge in [-0.25, -0.2) is 0 Å². The lowest BCUT2D eigenvalue weighted by molar-refractivity contribution is 0.0674. The van der Waals surface area contributed by atoms with Crippen LogP contribution in [0, 0.1) is 0 Å². The Bertz CT molecular complexity index is 415. The van der Waals surface area contributed by atoms with Crippen LogP contribution in [0.5, 0.6) is 0 Å².